The second kappa shape index (κ2) is 6.23. The molecule has 0 amide bonds. The van der Waals surface area contributed by atoms with Crippen molar-refractivity contribution in [3.63, 3.8) is 0 Å². The maximum absolute atomic E-state index is 13.2. The molecule has 2 heterocycles. The van der Waals surface area contributed by atoms with E-state index in [1.165, 1.54) is 45.0 Å². The predicted octanol–water partition coefficient (Wildman–Crippen LogP) is 2.93. The Morgan fingerprint density at radius 2 is 2.15 bits per heavy atom. The minimum atomic E-state index is -0.118. The lowest BCUT2D eigenvalue weighted by molar-refractivity contribution is 0.0160. The van der Waals surface area contributed by atoms with Crippen LogP contribution >= 0.6 is 0 Å². The van der Waals surface area contributed by atoms with E-state index in [0.29, 0.717) is 6.04 Å². The lowest BCUT2D eigenvalue weighted by Gasteiger charge is -2.47. The van der Waals surface area contributed by atoms with Crippen LogP contribution in [0.2, 0.25) is 0 Å². The van der Waals surface area contributed by atoms with Crippen LogP contribution in [0.3, 0.4) is 0 Å². The van der Waals surface area contributed by atoms with Gasteiger partial charge in [-0.3, -0.25) is 9.80 Å². The molecule has 2 aliphatic heterocycles. The molecule has 110 valence electrons. The average Bonchev–Trinajstić information content (AvgIpc) is 2.45. The van der Waals surface area contributed by atoms with Gasteiger partial charge < -0.3 is 0 Å². The molecule has 2 aliphatic rings. The van der Waals surface area contributed by atoms with Gasteiger partial charge >= 0.3 is 0 Å². The molecule has 0 bridgehead atoms. The Kier molecular flexibility index (Phi) is 4.37. The van der Waals surface area contributed by atoms with Gasteiger partial charge in [-0.25, -0.2) is 4.39 Å². The first kappa shape index (κ1) is 14.0. The lowest BCUT2D eigenvalue weighted by Crippen LogP contribution is -2.58. The van der Waals surface area contributed by atoms with Crippen LogP contribution in [0.4, 0.5) is 4.39 Å². The van der Waals surface area contributed by atoms with Gasteiger partial charge in [-0.15, -0.1) is 0 Å². The van der Waals surface area contributed by atoms with E-state index in [1.54, 1.807) is 6.07 Å². The highest BCUT2D eigenvalue weighted by Crippen LogP contribution is 2.24. The Morgan fingerprint density at radius 3 is 3.00 bits per heavy atom. The molecule has 20 heavy (non-hydrogen) atoms. The number of piperidine rings is 1. The normalized spacial score (nSPS) is 28.3. The van der Waals surface area contributed by atoms with Crippen molar-refractivity contribution in [1.29, 1.82) is 0 Å². The maximum atomic E-state index is 13.2. The lowest BCUT2D eigenvalue weighted by atomic mass is 9.97. The molecule has 0 aromatic heterocycles. The zero-order chi connectivity index (χ0) is 13.9. The van der Waals surface area contributed by atoms with Crippen LogP contribution in [0.5, 0.6) is 0 Å². The van der Waals surface area contributed by atoms with E-state index < -0.39 is 0 Å². The van der Waals surface area contributed by atoms with Crippen molar-refractivity contribution in [3.8, 4) is 0 Å². The van der Waals surface area contributed by atoms with E-state index in [9.17, 15) is 4.39 Å². The number of hydrogen-bond donors (Lipinski definition) is 0. The molecule has 0 saturated carbocycles. The van der Waals surface area contributed by atoms with E-state index in [4.69, 9.17) is 0 Å². The third kappa shape index (κ3) is 3.21. The van der Waals surface area contributed by atoms with Crippen molar-refractivity contribution in [2.24, 2.45) is 0 Å². The second-order valence-electron chi connectivity index (χ2n) is 6.37. The molecule has 2 atom stereocenters. The summed E-state index contributed by atoms with van der Waals surface area (Å²) in [4.78, 5) is 5.27. The van der Waals surface area contributed by atoms with Crippen LogP contribution in [0, 0.1) is 5.82 Å². The molecular weight excluding hydrogens is 251 g/mol. The number of benzene rings is 1. The van der Waals surface area contributed by atoms with Gasteiger partial charge in [0.15, 0.2) is 0 Å². The van der Waals surface area contributed by atoms with Crippen LogP contribution in [0.25, 0.3) is 0 Å². The number of fused-ring (bicyclic) bond motifs is 1. The fourth-order valence-electron chi connectivity index (χ4n) is 3.69. The van der Waals surface area contributed by atoms with Crippen molar-refractivity contribution < 1.29 is 4.39 Å². The van der Waals surface area contributed by atoms with Gasteiger partial charge in [0.25, 0.3) is 0 Å². The van der Waals surface area contributed by atoms with E-state index in [1.807, 2.05) is 12.1 Å². The molecule has 0 radical (unpaired) electrons. The summed E-state index contributed by atoms with van der Waals surface area (Å²) in [5.74, 6) is -0.118. The molecule has 3 heteroatoms. The highest BCUT2D eigenvalue weighted by Gasteiger charge is 2.32. The third-order valence-corrected chi connectivity index (χ3v) is 4.89. The number of hydrogen-bond acceptors (Lipinski definition) is 2. The van der Waals surface area contributed by atoms with Gasteiger partial charge in [0.05, 0.1) is 0 Å². The van der Waals surface area contributed by atoms with Crippen molar-refractivity contribution in [2.75, 3.05) is 26.2 Å². The number of rotatable bonds is 3. The monoisotopic (exact) mass is 276 g/mol. The number of piperazine rings is 1. The quantitative estimate of drug-likeness (QED) is 0.837. The topological polar surface area (TPSA) is 6.48 Å². The molecule has 2 nitrogen and oxygen atoms in total. The van der Waals surface area contributed by atoms with Crippen molar-refractivity contribution in [3.05, 3.63) is 35.6 Å². The highest BCUT2D eigenvalue weighted by atomic mass is 19.1. The summed E-state index contributed by atoms with van der Waals surface area (Å²) in [6.45, 7) is 7.06. The summed E-state index contributed by atoms with van der Waals surface area (Å²) in [6.07, 6.45) is 5.05. The van der Waals surface area contributed by atoms with Crippen LogP contribution in [-0.4, -0.2) is 48.1 Å². The summed E-state index contributed by atoms with van der Waals surface area (Å²) < 4.78 is 13.2. The van der Waals surface area contributed by atoms with Crippen molar-refractivity contribution in [2.45, 2.75) is 44.7 Å². The minimum Gasteiger partial charge on any atom is -0.298 e. The summed E-state index contributed by atoms with van der Waals surface area (Å²) in [5, 5.41) is 0. The Morgan fingerprint density at radius 1 is 1.25 bits per heavy atom. The first-order valence-corrected chi connectivity index (χ1v) is 7.95. The van der Waals surface area contributed by atoms with E-state index in [-0.39, 0.29) is 5.82 Å². The number of halogens is 1. The zero-order valence-corrected chi connectivity index (χ0v) is 12.4. The largest absolute Gasteiger partial charge is 0.298 e. The second-order valence-corrected chi connectivity index (χ2v) is 6.37. The molecule has 0 spiro atoms. The molecule has 0 N–H and O–H groups in total. The average molecular weight is 276 g/mol. The third-order valence-electron chi connectivity index (χ3n) is 4.89. The standard InChI is InChI=1S/C17H25FN2/c1-14-12-20-9-3-2-7-17(20)13-19(14)10-8-15-5-4-6-16(18)11-15/h4-6,11,14,17H,2-3,7-10,12-13H2,1H3. The van der Waals surface area contributed by atoms with Crippen LogP contribution < -0.4 is 0 Å². The molecule has 0 aliphatic carbocycles. The highest BCUT2D eigenvalue weighted by molar-refractivity contribution is 5.16. The molecule has 3 rings (SSSR count). The van der Waals surface area contributed by atoms with E-state index in [2.05, 4.69) is 16.7 Å². The van der Waals surface area contributed by atoms with Gasteiger partial charge in [-0.2, -0.15) is 0 Å². The summed E-state index contributed by atoms with van der Waals surface area (Å²) in [5.41, 5.74) is 1.11. The smallest absolute Gasteiger partial charge is 0.123 e. The Bertz CT molecular complexity index is 448. The van der Waals surface area contributed by atoms with E-state index >= 15 is 0 Å². The predicted molar refractivity (Wildman–Crippen MR) is 80.4 cm³/mol. The van der Waals surface area contributed by atoms with Gasteiger partial charge in [-0.05, 0) is 50.4 Å². The fourth-order valence-corrected chi connectivity index (χ4v) is 3.69. The maximum Gasteiger partial charge on any atom is 0.123 e. The van der Waals surface area contributed by atoms with Crippen molar-refractivity contribution >= 4 is 0 Å². The minimum absolute atomic E-state index is 0.118. The van der Waals surface area contributed by atoms with Gasteiger partial charge in [-0.1, -0.05) is 18.6 Å². The number of nitrogens with zero attached hydrogens (tertiary/aromatic N) is 2. The van der Waals surface area contributed by atoms with Gasteiger partial charge in [0.2, 0.25) is 0 Å². The molecule has 2 saturated heterocycles. The molecule has 1 aromatic rings. The molecule has 1 aromatic carbocycles. The van der Waals surface area contributed by atoms with Crippen molar-refractivity contribution in [1.82, 2.24) is 9.80 Å². The molecule has 2 unspecified atom stereocenters. The first-order chi connectivity index (χ1) is 9.72. The fraction of sp³-hybridized carbons (Fsp3) is 0.647. The van der Waals surface area contributed by atoms with Crippen LogP contribution in [-0.2, 0) is 6.42 Å². The Hall–Kier alpha value is -0.930. The van der Waals surface area contributed by atoms with Gasteiger partial charge in [0, 0.05) is 31.7 Å². The molecule has 2 fully saturated rings. The van der Waals surface area contributed by atoms with Crippen LogP contribution in [0.1, 0.15) is 31.7 Å². The summed E-state index contributed by atoms with van der Waals surface area (Å²) in [6, 6.07) is 8.41. The molecular formula is C17H25FN2. The first-order valence-electron chi connectivity index (χ1n) is 7.95. The van der Waals surface area contributed by atoms with Crippen LogP contribution in [0.15, 0.2) is 24.3 Å². The summed E-state index contributed by atoms with van der Waals surface area (Å²) >= 11 is 0. The Balaban J connectivity index is 1.57. The summed E-state index contributed by atoms with van der Waals surface area (Å²) in [7, 11) is 0. The SMILES string of the molecule is CC1CN2CCCCC2CN1CCc1cccc(F)c1. The van der Waals surface area contributed by atoms with Gasteiger partial charge in [0.1, 0.15) is 5.82 Å². The van der Waals surface area contributed by atoms with E-state index in [0.717, 1.165) is 24.6 Å². The zero-order valence-electron chi connectivity index (χ0n) is 12.4. The Labute approximate surface area is 121 Å².